The second-order valence-corrected chi connectivity index (χ2v) is 23.8. The number of carboxylic acids is 1. The average Bonchev–Trinajstić information content (AvgIpc) is 3.83. The van der Waals surface area contributed by atoms with Crippen LogP contribution in [0, 0.1) is 55.2 Å². The van der Waals surface area contributed by atoms with Gasteiger partial charge in [0.15, 0.2) is 6.10 Å². The van der Waals surface area contributed by atoms with E-state index in [1.54, 1.807) is 6.92 Å². The number of aliphatic hydroxyl groups excluding tert-OH is 1. The minimum atomic E-state index is -1.35. The highest BCUT2D eigenvalue weighted by Gasteiger charge is 2.64. The third-order valence-corrected chi connectivity index (χ3v) is 17.8. The molecule has 2 aliphatic heterocycles. The van der Waals surface area contributed by atoms with Crippen LogP contribution in [-0.4, -0.2) is 83.9 Å². The Bertz CT molecular complexity index is 1580. The number of ether oxygens (including phenoxy) is 5. The van der Waals surface area contributed by atoms with E-state index in [0.29, 0.717) is 18.8 Å². The molecule has 2 saturated carbocycles. The molecule has 0 aromatic heterocycles. The number of fused-ring (bicyclic) bond motifs is 3. The molecule has 0 radical (unpaired) electrons. The van der Waals surface area contributed by atoms with Crippen LogP contribution in [0.4, 0.5) is 0 Å². The number of aliphatic carboxylic acids is 1. The van der Waals surface area contributed by atoms with E-state index in [1.165, 1.54) is 0 Å². The molecule has 11 heteroatoms. The van der Waals surface area contributed by atoms with Gasteiger partial charge in [0.25, 0.3) is 0 Å². The van der Waals surface area contributed by atoms with Crippen LogP contribution < -0.4 is 0 Å². The van der Waals surface area contributed by atoms with Crippen molar-refractivity contribution in [2.75, 3.05) is 13.2 Å². The first-order chi connectivity index (χ1) is 27.9. The summed E-state index contributed by atoms with van der Waals surface area (Å²) in [5, 5.41) is 21.1. The maximum atomic E-state index is 15.0. The summed E-state index contributed by atoms with van der Waals surface area (Å²) in [6.45, 7) is 32.0. The highest BCUT2D eigenvalue weighted by atomic mass is 16.6. The minimum Gasteiger partial charge on any atom is -0.481 e. The summed E-state index contributed by atoms with van der Waals surface area (Å²) >= 11 is 0. The zero-order valence-electron chi connectivity index (χ0n) is 41.1. The van der Waals surface area contributed by atoms with Gasteiger partial charge in [-0.1, -0.05) is 95.4 Å². The van der Waals surface area contributed by atoms with Gasteiger partial charge in [0.05, 0.1) is 41.5 Å². The molecule has 11 nitrogen and oxygen atoms in total. The molecule has 4 aliphatic rings. The second kappa shape index (κ2) is 18.3. The lowest BCUT2D eigenvalue weighted by molar-refractivity contribution is -0.185. The maximum absolute atomic E-state index is 15.0. The van der Waals surface area contributed by atoms with Crippen molar-refractivity contribution in [3.63, 3.8) is 0 Å². The Morgan fingerprint density at radius 1 is 0.787 bits per heavy atom. The topological polar surface area (TPSA) is 155 Å². The van der Waals surface area contributed by atoms with Gasteiger partial charge >= 0.3 is 23.9 Å². The Balaban J connectivity index is 1.72. The van der Waals surface area contributed by atoms with Crippen LogP contribution in [-0.2, 0) is 42.9 Å². The highest BCUT2D eigenvalue weighted by Crippen LogP contribution is 2.66. The predicted octanol–water partition coefficient (Wildman–Crippen LogP) is 10.1. The molecule has 0 aromatic rings. The summed E-state index contributed by atoms with van der Waals surface area (Å²) in [4.78, 5) is 57.1. The Morgan fingerprint density at radius 3 is 1.95 bits per heavy atom. The van der Waals surface area contributed by atoms with E-state index in [2.05, 4.69) is 27.7 Å². The normalized spacial score (nSPS) is 30.5. The van der Waals surface area contributed by atoms with E-state index >= 15 is 4.79 Å². The van der Waals surface area contributed by atoms with Crippen LogP contribution in [0.5, 0.6) is 0 Å². The third-order valence-electron chi connectivity index (χ3n) is 17.8. The molecule has 2 N–H and O–H groups in total. The average molecular weight is 863 g/mol. The Hall–Kier alpha value is -2.24. The van der Waals surface area contributed by atoms with Crippen molar-refractivity contribution in [1.82, 2.24) is 0 Å². The summed E-state index contributed by atoms with van der Waals surface area (Å²) in [5.74, 6) is -2.42. The number of esters is 3. The molecule has 0 spiro atoms. The molecular weight excluding hydrogens is 777 g/mol. The van der Waals surface area contributed by atoms with Crippen molar-refractivity contribution in [1.29, 1.82) is 0 Å². The van der Waals surface area contributed by atoms with Gasteiger partial charge in [-0.2, -0.15) is 0 Å². The standard InChI is InChI=1S/C50H86O11/c1-17-19-20-21-22-31(3)59-39(52)33(43(4,5)29-44(6,7)41(55)61-36-25-32-23-24-49(36,15)47(32,12)13)26-45(8,9)50(16,30-46(10,11)48(14,18-2)40(53)54)42(56)60-35-28-58-37-34(51)27-57-38(35)37/h31-38,51H,17-30H2,1-16H3,(H,53,54). The van der Waals surface area contributed by atoms with E-state index < -0.39 is 74.8 Å². The molecule has 4 fully saturated rings. The van der Waals surface area contributed by atoms with Gasteiger partial charge in [-0.15, -0.1) is 0 Å². The Labute approximate surface area is 368 Å². The SMILES string of the molecule is CCCCCCC(C)OC(=O)C(CC(C)(C)C(C)(CC(C)(C)C(C)(CC)C(=O)O)C(=O)OC1COC2C(O)COC12)C(C)(C)CC(C)(C)C(=O)OC1CC2CCC1(C)C2(C)C. The lowest BCUT2D eigenvalue weighted by Crippen LogP contribution is -2.54. The number of rotatable bonds is 22. The van der Waals surface area contributed by atoms with Crippen molar-refractivity contribution in [3.8, 4) is 0 Å². The zero-order chi connectivity index (χ0) is 46.4. The van der Waals surface area contributed by atoms with Gasteiger partial charge in [0.2, 0.25) is 0 Å². The number of carboxylic acid groups (broad SMARTS) is 1. The summed E-state index contributed by atoms with van der Waals surface area (Å²) in [6.07, 6.45) is 5.56. The molecule has 352 valence electrons. The van der Waals surface area contributed by atoms with E-state index in [1.807, 2.05) is 76.2 Å². The van der Waals surface area contributed by atoms with Gasteiger partial charge < -0.3 is 33.9 Å². The Kier molecular flexibility index (Phi) is 15.4. The second-order valence-electron chi connectivity index (χ2n) is 23.8. The zero-order valence-corrected chi connectivity index (χ0v) is 41.1. The molecule has 2 heterocycles. The van der Waals surface area contributed by atoms with Gasteiger partial charge in [-0.3, -0.25) is 19.2 Å². The molecule has 11 unspecified atom stereocenters. The van der Waals surface area contributed by atoms with Crippen LogP contribution in [0.15, 0.2) is 0 Å². The van der Waals surface area contributed by atoms with Gasteiger partial charge in [0.1, 0.15) is 24.4 Å². The maximum Gasteiger partial charge on any atom is 0.312 e. The molecule has 2 saturated heterocycles. The van der Waals surface area contributed by atoms with Crippen LogP contribution in [0.3, 0.4) is 0 Å². The fraction of sp³-hybridized carbons (Fsp3) is 0.920. The van der Waals surface area contributed by atoms with Crippen molar-refractivity contribution < 1.29 is 53.1 Å². The van der Waals surface area contributed by atoms with E-state index in [4.69, 9.17) is 23.7 Å². The molecule has 4 rings (SSSR count). The molecule has 2 aliphatic carbocycles. The van der Waals surface area contributed by atoms with Crippen LogP contribution >= 0.6 is 0 Å². The first kappa shape index (κ1) is 51.4. The molecule has 0 amide bonds. The largest absolute Gasteiger partial charge is 0.481 e. The lowest BCUT2D eigenvalue weighted by atomic mass is 9.51. The van der Waals surface area contributed by atoms with Crippen molar-refractivity contribution in [2.24, 2.45) is 55.2 Å². The van der Waals surface area contributed by atoms with Crippen molar-refractivity contribution >= 4 is 23.9 Å². The molecule has 0 aromatic carbocycles. The lowest BCUT2D eigenvalue weighted by Gasteiger charge is -2.52. The molecule has 2 bridgehead atoms. The van der Waals surface area contributed by atoms with Gasteiger partial charge in [0, 0.05) is 5.41 Å². The fourth-order valence-electron chi connectivity index (χ4n) is 11.9. The van der Waals surface area contributed by atoms with E-state index in [0.717, 1.165) is 51.4 Å². The number of carbonyl (C=O) groups excluding carboxylic acids is 3. The summed E-state index contributed by atoms with van der Waals surface area (Å²) < 4.78 is 30.8. The summed E-state index contributed by atoms with van der Waals surface area (Å²) in [5.41, 5.74) is -6.28. The highest BCUT2D eigenvalue weighted by molar-refractivity contribution is 5.80. The summed E-state index contributed by atoms with van der Waals surface area (Å²) in [6, 6.07) is 0. The van der Waals surface area contributed by atoms with E-state index in [-0.39, 0.29) is 61.0 Å². The van der Waals surface area contributed by atoms with Crippen LogP contribution in [0.2, 0.25) is 0 Å². The fourth-order valence-corrected chi connectivity index (χ4v) is 11.9. The number of hydrogen-bond donors (Lipinski definition) is 2. The Morgan fingerprint density at radius 2 is 1.41 bits per heavy atom. The predicted molar refractivity (Wildman–Crippen MR) is 235 cm³/mol. The molecule has 61 heavy (non-hydrogen) atoms. The number of unbranched alkanes of at least 4 members (excludes halogenated alkanes) is 3. The molecular formula is C50H86O11. The minimum absolute atomic E-state index is 0.0569. The van der Waals surface area contributed by atoms with Gasteiger partial charge in [-0.25, -0.2) is 0 Å². The summed E-state index contributed by atoms with van der Waals surface area (Å²) in [7, 11) is 0. The quantitative estimate of drug-likeness (QED) is 0.0607. The molecule has 11 atom stereocenters. The van der Waals surface area contributed by atoms with Gasteiger partial charge in [-0.05, 0) is 120 Å². The number of aliphatic hydroxyl groups is 1. The smallest absolute Gasteiger partial charge is 0.312 e. The van der Waals surface area contributed by atoms with Crippen molar-refractivity contribution in [3.05, 3.63) is 0 Å². The monoisotopic (exact) mass is 863 g/mol. The number of carbonyl (C=O) groups is 4. The van der Waals surface area contributed by atoms with Crippen molar-refractivity contribution in [2.45, 2.75) is 224 Å². The first-order valence-electron chi connectivity index (χ1n) is 23.6. The van der Waals surface area contributed by atoms with Crippen LogP contribution in [0.25, 0.3) is 0 Å². The van der Waals surface area contributed by atoms with E-state index in [9.17, 15) is 24.6 Å². The number of hydrogen-bond acceptors (Lipinski definition) is 10. The third kappa shape index (κ3) is 9.89. The van der Waals surface area contributed by atoms with Crippen LogP contribution in [0.1, 0.15) is 188 Å². The first-order valence-corrected chi connectivity index (χ1v) is 23.6.